The highest BCUT2D eigenvalue weighted by Crippen LogP contribution is 2.26. The highest BCUT2D eigenvalue weighted by Gasteiger charge is 2.28. The van der Waals surface area contributed by atoms with Crippen LogP contribution in [0.1, 0.15) is 39.9 Å². The summed E-state index contributed by atoms with van der Waals surface area (Å²) in [4.78, 5) is 12.4. The van der Waals surface area contributed by atoms with Gasteiger partial charge in [-0.05, 0) is 38.5 Å². The molecule has 1 aromatic carbocycles. The van der Waals surface area contributed by atoms with Gasteiger partial charge in [-0.15, -0.1) is 0 Å². The highest BCUT2D eigenvalue weighted by molar-refractivity contribution is 5.95. The molecule has 0 radical (unpaired) electrons. The van der Waals surface area contributed by atoms with Crippen LogP contribution >= 0.6 is 0 Å². The fraction of sp³-hybridized carbons (Fsp3) is 0.389. The molecule has 2 rings (SSSR count). The van der Waals surface area contributed by atoms with Gasteiger partial charge >= 0.3 is 0 Å². The van der Waals surface area contributed by atoms with Gasteiger partial charge in [0.05, 0.1) is 13.2 Å². The lowest BCUT2D eigenvalue weighted by atomic mass is 9.96. The van der Waals surface area contributed by atoms with Crippen LogP contribution in [0, 0.1) is 13.8 Å². The van der Waals surface area contributed by atoms with Crippen LogP contribution in [0.2, 0.25) is 0 Å². The van der Waals surface area contributed by atoms with E-state index >= 15 is 0 Å². The van der Waals surface area contributed by atoms with Crippen LogP contribution in [0.25, 0.3) is 0 Å². The van der Waals surface area contributed by atoms with Gasteiger partial charge in [0.2, 0.25) is 0 Å². The first kappa shape index (κ1) is 17.2. The molecule has 2 N–H and O–H groups in total. The molecule has 0 fully saturated rings. The molecule has 1 atom stereocenters. The maximum Gasteiger partial charge on any atom is 0.251 e. The molecule has 5 nitrogen and oxygen atoms in total. The molecule has 124 valence electrons. The van der Waals surface area contributed by atoms with Gasteiger partial charge in [-0.2, -0.15) is 0 Å². The van der Waals surface area contributed by atoms with Crippen molar-refractivity contribution >= 4 is 5.91 Å². The minimum absolute atomic E-state index is 0.0902. The SMILES string of the molecule is COCc1ccccc1C(=O)NCC(C)(O)c1cc(C)oc1C. The Bertz CT molecular complexity index is 688. The lowest BCUT2D eigenvalue weighted by molar-refractivity contribution is 0.0513. The number of hydrogen-bond donors (Lipinski definition) is 2. The molecular weight excluding hydrogens is 294 g/mol. The van der Waals surface area contributed by atoms with E-state index in [-0.39, 0.29) is 12.5 Å². The van der Waals surface area contributed by atoms with Gasteiger partial charge in [0, 0.05) is 18.2 Å². The zero-order chi connectivity index (χ0) is 17.0. The van der Waals surface area contributed by atoms with Gasteiger partial charge < -0.3 is 19.6 Å². The van der Waals surface area contributed by atoms with Crippen molar-refractivity contribution in [3.05, 3.63) is 58.5 Å². The molecule has 1 unspecified atom stereocenters. The van der Waals surface area contributed by atoms with Gasteiger partial charge in [0.1, 0.15) is 17.1 Å². The van der Waals surface area contributed by atoms with Gasteiger partial charge in [0.25, 0.3) is 5.91 Å². The summed E-state index contributed by atoms with van der Waals surface area (Å²) in [5.41, 5.74) is 0.835. The Hall–Kier alpha value is -2.11. The third-order valence-electron chi connectivity index (χ3n) is 3.78. The van der Waals surface area contributed by atoms with Crippen LogP contribution in [0.4, 0.5) is 0 Å². The summed E-state index contributed by atoms with van der Waals surface area (Å²) in [6.07, 6.45) is 0. The van der Waals surface area contributed by atoms with Crippen molar-refractivity contribution in [2.24, 2.45) is 0 Å². The third kappa shape index (κ3) is 4.00. The van der Waals surface area contributed by atoms with E-state index in [0.717, 1.165) is 11.3 Å². The maximum absolute atomic E-state index is 12.4. The van der Waals surface area contributed by atoms with Crippen LogP contribution in [0.5, 0.6) is 0 Å². The quantitative estimate of drug-likeness (QED) is 0.859. The van der Waals surface area contributed by atoms with Gasteiger partial charge in [-0.3, -0.25) is 4.79 Å². The number of rotatable bonds is 6. The standard InChI is InChI=1S/C18H23NO4/c1-12-9-16(13(2)23-12)18(3,21)11-19-17(20)15-8-6-5-7-14(15)10-22-4/h5-9,21H,10-11H2,1-4H3,(H,19,20). The molecule has 0 saturated heterocycles. The first-order valence-electron chi connectivity index (χ1n) is 7.50. The fourth-order valence-corrected chi connectivity index (χ4v) is 2.63. The van der Waals surface area contributed by atoms with E-state index in [0.29, 0.717) is 23.5 Å². The normalized spacial score (nSPS) is 13.6. The molecule has 0 aliphatic carbocycles. The highest BCUT2D eigenvalue weighted by atomic mass is 16.5. The molecule has 2 aromatic rings. The summed E-state index contributed by atoms with van der Waals surface area (Å²) in [5, 5.41) is 13.4. The average Bonchev–Trinajstić information content (AvgIpc) is 2.85. The lowest BCUT2D eigenvalue weighted by Crippen LogP contribution is -2.39. The zero-order valence-corrected chi connectivity index (χ0v) is 14.0. The number of carbonyl (C=O) groups is 1. The number of methoxy groups -OCH3 is 1. The molecular formula is C18H23NO4. The summed E-state index contributed by atoms with van der Waals surface area (Å²) in [6.45, 7) is 5.73. The molecule has 0 bridgehead atoms. The molecule has 1 aromatic heterocycles. The second kappa shape index (κ2) is 6.98. The molecule has 0 saturated carbocycles. The Labute approximate surface area is 136 Å². The number of aliphatic hydroxyl groups is 1. The minimum atomic E-state index is -1.20. The van der Waals surface area contributed by atoms with Gasteiger partial charge in [0.15, 0.2) is 0 Å². The number of hydrogen-bond acceptors (Lipinski definition) is 4. The van der Waals surface area contributed by atoms with Crippen molar-refractivity contribution in [1.29, 1.82) is 0 Å². The Morgan fingerprint density at radius 2 is 2.04 bits per heavy atom. The largest absolute Gasteiger partial charge is 0.466 e. The smallest absolute Gasteiger partial charge is 0.251 e. The summed E-state index contributed by atoms with van der Waals surface area (Å²) < 4.78 is 10.6. The predicted molar refractivity (Wildman–Crippen MR) is 87.2 cm³/mol. The van der Waals surface area contributed by atoms with E-state index < -0.39 is 5.60 Å². The number of benzene rings is 1. The first-order chi connectivity index (χ1) is 10.8. The van der Waals surface area contributed by atoms with Crippen molar-refractivity contribution in [2.45, 2.75) is 33.0 Å². The number of nitrogens with one attached hydrogen (secondary N) is 1. The molecule has 0 spiro atoms. The van der Waals surface area contributed by atoms with E-state index in [1.54, 1.807) is 39.2 Å². The van der Waals surface area contributed by atoms with Gasteiger partial charge in [-0.1, -0.05) is 18.2 Å². The molecule has 1 heterocycles. The van der Waals surface area contributed by atoms with E-state index in [4.69, 9.17) is 9.15 Å². The van der Waals surface area contributed by atoms with E-state index in [9.17, 15) is 9.90 Å². The van der Waals surface area contributed by atoms with Crippen molar-refractivity contribution in [1.82, 2.24) is 5.32 Å². The number of ether oxygens (including phenoxy) is 1. The molecule has 0 aliphatic heterocycles. The monoisotopic (exact) mass is 317 g/mol. The maximum atomic E-state index is 12.4. The van der Waals surface area contributed by atoms with Crippen molar-refractivity contribution in [3.63, 3.8) is 0 Å². The van der Waals surface area contributed by atoms with Crippen molar-refractivity contribution in [2.75, 3.05) is 13.7 Å². The number of furan rings is 1. The topological polar surface area (TPSA) is 71.7 Å². The van der Waals surface area contributed by atoms with Crippen LogP contribution in [-0.4, -0.2) is 24.7 Å². The van der Waals surface area contributed by atoms with Gasteiger partial charge in [-0.25, -0.2) is 0 Å². The minimum Gasteiger partial charge on any atom is -0.466 e. The fourth-order valence-electron chi connectivity index (χ4n) is 2.63. The second-order valence-corrected chi connectivity index (χ2v) is 5.87. The predicted octanol–water partition coefficient (Wildman–Crippen LogP) is 2.68. The molecule has 0 aliphatic rings. The van der Waals surface area contributed by atoms with Crippen LogP contribution in [-0.2, 0) is 16.9 Å². The summed E-state index contributed by atoms with van der Waals surface area (Å²) in [6, 6.07) is 9.04. The first-order valence-corrected chi connectivity index (χ1v) is 7.50. The van der Waals surface area contributed by atoms with E-state index in [1.807, 2.05) is 19.1 Å². The average molecular weight is 317 g/mol. The van der Waals surface area contributed by atoms with E-state index in [2.05, 4.69) is 5.32 Å². The Balaban J connectivity index is 2.11. The Morgan fingerprint density at radius 3 is 2.65 bits per heavy atom. The molecule has 1 amide bonds. The van der Waals surface area contributed by atoms with Crippen LogP contribution in [0.3, 0.4) is 0 Å². The van der Waals surface area contributed by atoms with E-state index in [1.165, 1.54) is 0 Å². The number of carbonyl (C=O) groups excluding carboxylic acids is 1. The summed E-state index contributed by atoms with van der Waals surface area (Å²) in [7, 11) is 1.59. The Morgan fingerprint density at radius 1 is 1.35 bits per heavy atom. The summed E-state index contributed by atoms with van der Waals surface area (Å²) in [5.74, 6) is 1.15. The number of aryl methyl sites for hydroxylation is 2. The molecule has 5 heteroatoms. The summed E-state index contributed by atoms with van der Waals surface area (Å²) >= 11 is 0. The van der Waals surface area contributed by atoms with Crippen LogP contribution in [0.15, 0.2) is 34.7 Å². The second-order valence-electron chi connectivity index (χ2n) is 5.87. The Kier molecular flexibility index (Phi) is 5.23. The molecule has 23 heavy (non-hydrogen) atoms. The lowest BCUT2D eigenvalue weighted by Gasteiger charge is -2.23. The number of amides is 1. The zero-order valence-electron chi connectivity index (χ0n) is 14.0. The van der Waals surface area contributed by atoms with Crippen molar-refractivity contribution in [3.8, 4) is 0 Å². The van der Waals surface area contributed by atoms with Crippen molar-refractivity contribution < 1.29 is 19.1 Å². The third-order valence-corrected chi connectivity index (χ3v) is 3.78. The van der Waals surface area contributed by atoms with Crippen LogP contribution < -0.4 is 5.32 Å².